The normalized spacial score (nSPS) is 26.9. The Labute approximate surface area is 165 Å². The van der Waals surface area contributed by atoms with Crippen molar-refractivity contribution >= 4 is 24.0 Å². The van der Waals surface area contributed by atoms with E-state index in [1.54, 1.807) is 4.68 Å². The number of nitrogens with zero attached hydrogens (tertiary/aromatic N) is 4. The molecule has 1 amide bonds. The van der Waals surface area contributed by atoms with E-state index in [-0.39, 0.29) is 30.3 Å². The molecule has 1 aromatic carbocycles. The zero-order valence-corrected chi connectivity index (χ0v) is 16.4. The van der Waals surface area contributed by atoms with E-state index in [1.165, 1.54) is 6.42 Å². The highest BCUT2D eigenvalue weighted by Gasteiger charge is 2.40. The molecule has 2 unspecified atom stereocenters. The molecular formula is C19H27ClN6O. The molecule has 0 spiro atoms. The molecule has 8 heteroatoms. The summed E-state index contributed by atoms with van der Waals surface area (Å²) in [5, 5.41) is 14.9. The van der Waals surface area contributed by atoms with Crippen molar-refractivity contribution in [3.63, 3.8) is 0 Å². The SMILES string of the molecule is CCn1nnnc1-c1cccc(NC(=O)C2CC3CCCC(C2)C3N)c1.Cl. The maximum absolute atomic E-state index is 12.8. The smallest absolute Gasteiger partial charge is 0.227 e. The van der Waals surface area contributed by atoms with Gasteiger partial charge in [-0.25, -0.2) is 4.68 Å². The second kappa shape index (κ2) is 8.35. The molecule has 2 aliphatic carbocycles. The largest absolute Gasteiger partial charge is 0.327 e. The molecule has 0 radical (unpaired) electrons. The fraction of sp³-hybridized carbons (Fsp3) is 0.579. The Morgan fingerprint density at radius 1 is 1.30 bits per heavy atom. The summed E-state index contributed by atoms with van der Waals surface area (Å²) in [6.07, 6.45) is 5.41. The molecule has 2 atom stereocenters. The van der Waals surface area contributed by atoms with E-state index in [2.05, 4.69) is 20.8 Å². The number of halogens is 1. The maximum atomic E-state index is 12.8. The topological polar surface area (TPSA) is 98.7 Å². The lowest BCUT2D eigenvalue weighted by molar-refractivity contribution is -0.122. The summed E-state index contributed by atoms with van der Waals surface area (Å²) in [5.74, 6) is 1.88. The van der Waals surface area contributed by atoms with Crippen LogP contribution < -0.4 is 11.1 Å². The molecule has 1 aromatic heterocycles. The second-order valence-corrected chi connectivity index (χ2v) is 7.59. The predicted molar refractivity (Wildman–Crippen MR) is 106 cm³/mol. The Morgan fingerprint density at radius 2 is 2.04 bits per heavy atom. The first-order valence-corrected chi connectivity index (χ1v) is 9.58. The van der Waals surface area contributed by atoms with Gasteiger partial charge >= 0.3 is 0 Å². The van der Waals surface area contributed by atoms with Gasteiger partial charge in [0.1, 0.15) is 0 Å². The van der Waals surface area contributed by atoms with Crippen molar-refractivity contribution in [1.82, 2.24) is 20.2 Å². The highest BCUT2D eigenvalue weighted by Crippen LogP contribution is 2.42. The van der Waals surface area contributed by atoms with E-state index in [4.69, 9.17) is 5.73 Å². The number of nitrogens with two attached hydrogens (primary N) is 1. The third-order valence-electron chi connectivity index (χ3n) is 6.00. The fourth-order valence-corrected chi connectivity index (χ4v) is 4.61. The van der Waals surface area contributed by atoms with Gasteiger partial charge in [-0.15, -0.1) is 17.5 Å². The molecule has 2 saturated carbocycles. The van der Waals surface area contributed by atoms with Crippen LogP contribution in [-0.2, 0) is 11.3 Å². The number of aryl methyl sites for hydroxylation is 1. The molecule has 2 aromatic rings. The number of tetrazole rings is 1. The molecule has 2 aliphatic rings. The molecule has 7 nitrogen and oxygen atoms in total. The molecule has 2 fully saturated rings. The van der Waals surface area contributed by atoms with Gasteiger partial charge in [0.15, 0.2) is 5.82 Å². The first-order chi connectivity index (χ1) is 12.7. The van der Waals surface area contributed by atoms with Gasteiger partial charge in [0, 0.05) is 29.8 Å². The van der Waals surface area contributed by atoms with Crippen LogP contribution in [0, 0.1) is 17.8 Å². The molecular weight excluding hydrogens is 364 g/mol. The van der Waals surface area contributed by atoms with E-state index < -0.39 is 0 Å². The maximum Gasteiger partial charge on any atom is 0.227 e. The number of rotatable bonds is 4. The van der Waals surface area contributed by atoms with Crippen LogP contribution in [0.15, 0.2) is 24.3 Å². The van der Waals surface area contributed by atoms with Gasteiger partial charge in [-0.2, -0.15) is 0 Å². The van der Waals surface area contributed by atoms with Crippen molar-refractivity contribution in [3.05, 3.63) is 24.3 Å². The van der Waals surface area contributed by atoms with Gasteiger partial charge in [-0.1, -0.05) is 18.6 Å². The van der Waals surface area contributed by atoms with E-state index in [0.29, 0.717) is 24.2 Å². The van der Waals surface area contributed by atoms with Gasteiger partial charge in [-0.05, 0) is 67.0 Å². The number of anilines is 1. The average Bonchev–Trinajstić information content (AvgIpc) is 3.10. The number of carbonyl (C=O) groups excluding carboxylic acids is 1. The zero-order valence-electron chi connectivity index (χ0n) is 15.5. The number of hydrogen-bond acceptors (Lipinski definition) is 5. The Bertz CT molecular complexity index is 780. The molecule has 4 rings (SSSR count). The van der Waals surface area contributed by atoms with Crippen LogP contribution in [-0.4, -0.2) is 32.2 Å². The minimum Gasteiger partial charge on any atom is -0.327 e. The van der Waals surface area contributed by atoms with Crippen molar-refractivity contribution in [2.75, 3.05) is 5.32 Å². The molecule has 146 valence electrons. The average molecular weight is 391 g/mol. The fourth-order valence-electron chi connectivity index (χ4n) is 4.61. The monoisotopic (exact) mass is 390 g/mol. The lowest BCUT2D eigenvalue weighted by Gasteiger charge is -2.43. The number of carbonyl (C=O) groups is 1. The summed E-state index contributed by atoms with van der Waals surface area (Å²) in [6.45, 7) is 2.69. The van der Waals surface area contributed by atoms with Crippen molar-refractivity contribution < 1.29 is 4.79 Å². The first-order valence-electron chi connectivity index (χ1n) is 9.58. The van der Waals surface area contributed by atoms with Crippen LogP contribution in [0.25, 0.3) is 11.4 Å². The summed E-state index contributed by atoms with van der Waals surface area (Å²) >= 11 is 0. The highest BCUT2D eigenvalue weighted by molar-refractivity contribution is 5.93. The summed E-state index contributed by atoms with van der Waals surface area (Å²) in [5.41, 5.74) is 8.04. The molecule has 0 saturated heterocycles. The third kappa shape index (κ3) is 3.99. The number of fused-ring (bicyclic) bond motifs is 2. The zero-order chi connectivity index (χ0) is 18.1. The Kier molecular flexibility index (Phi) is 6.11. The summed E-state index contributed by atoms with van der Waals surface area (Å²) in [7, 11) is 0. The molecule has 0 aliphatic heterocycles. The van der Waals surface area contributed by atoms with Crippen LogP contribution in [0.4, 0.5) is 5.69 Å². The summed E-state index contributed by atoms with van der Waals surface area (Å²) in [4.78, 5) is 12.8. The quantitative estimate of drug-likeness (QED) is 0.836. The van der Waals surface area contributed by atoms with Gasteiger partial charge in [0.25, 0.3) is 0 Å². The molecule has 27 heavy (non-hydrogen) atoms. The van der Waals surface area contributed by atoms with Crippen LogP contribution in [0.2, 0.25) is 0 Å². The van der Waals surface area contributed by atoms with Crippen molar-refractivity contribution in [2.24, 2.45) is 23.5 Å². The highest BCUT2D eigenvalue weighted by atomic mass is 35.5. The van der Waals surface area contributed by atoms with Crippen LogP contribution in [0.3, 0.4) is 0 Å². The standard InChI is InChI=1S/C19H26N6O.ClH/c1-2-25-18(22-23-24-25)14-7-4-8-16(11-14)21-19(26)15-9-12-5-3-6-13(10-15)17(12)20;/h4,7-8,11-13,15,17H,2-3,5-6,9-10,20H2,1H3,(H,21,26);1H. The minimum atomic E-state index is 0. The lowest BCUT2D eigenvalue weighted by atomic mass is 9.65. The van der Waals surface area contributed by atoms with E-state index in [1.807, 2.05) is 31.2 Å². The number of hydrogen-bond donors (Lipinski definition) is 2. The van der Waals surface area contributed by atoms with E-state index >= 15 is 0 Å². The number of benzene rings is 1. The molecule has 3 N–H and O–H groups in total. The Hall–Kier alpha value is -1.99. The van der Waals surface area contributed by atoms with E-state index in [0.717, 1.165) is 36.9 Å². The molecule has 2 bridgehead atoms. The van der Waals surface area contributed by atoms with Gasteiger partial charge in [0.2, 0.25) is 5.91 Å². The predicted octanol–water partition coefficient (Wildman–Crippen LogP) is 2.87. The second-order valence-electron chi connectivity index (χ2n) is 7.59. The van der Waals surface area contributed by atoms with Crippen LogP contribution >= 0.6 is 12.4 Å². The van der Waals surface area contributed by atoms with Crippen LogP contribution in [0.1, 0.15) is 39.0 Å². The third-order valence-corrected chi connectivity index (χ3v) is 6.00. The summed E-state index contributed by atoms with van der Waals surface area (Å²) in [6, 6.07) is 8.01. The minimum absolute atomic E-state index is 0. The van der Waals surface area contributed by atoms with Gasteiger partial charge in [0.05, 0.1) is 0 Å². The van der Waals surface area contributed by atoms with Gasteiger partial charge in [-0.3, -0.25) is 4.79 Å². The Morgan fingerprint density at radius 3 is 2.74 bits per heavy atom. The first kappa shape index (κ1) is 19.8. The van der Waals surface area contributed by atoms with Gasteiger partial charge < -0.3 is 11.1 Å². The Balaban J connectivity index is 0.00000210. The van der Waals surface area contributed by atoms with Crippen molar-refractivity contribution in [1.29, 1.82) is 0 Å². The molecule has 1 heterocycles. The van der Waals surface area contributed by atoms with Crippen molar-refractivity contribution in [2.45, 2.75) is 51.6 Å². The number of aromatic nitrogens is 4. The number of amides is 1. The lowest BCUT2D eigenvalue weighted by Crippen LogP contribution is -2.48. The van der Waals surface area contributed by atoms with Crippen LogP contribution in [0.5, 0.6) is 0 Å². The summed E-state index contributed by atoms with van der Waals surface area (Å²) < 4.78 is 1.74. The van der Waals surface area contributed by atoms with Crippen molar-refractivity contribution in [3.8, 4) is 11.4 Å². The number of nitrogens with one attached hydrogen (secondary N) is 1. The van der Waals surface area contributed by atoms with E-state index in [9.17, 15) is 4.79 Å².